The molecule has 6 aromatic rings. The van der Waals surface area contributed by atoms with E-state index in [9.17, 15) is 5.26 Å². The second kappa shape index (κ2) is 9.72. The molecule has 4 nitrogen and oxygen atoms in total. The van der Waals surface area contributed by atoms with Crippen molar-refractivity contribution in [2.45, 2.75) is 5.41 Å². The van der Waals surface area contributed by atoms with Crippen LogP contribution in [0.25, 0.3) is 38.2 Å². The molecule has 0 aliphatic heterocycles. The lowest BCUT2D eigenvalue weighted by Gasteiger charge is -2.34. The number of pyridine rings is 2. The van der Waals surface area contributed by atoms with E-state index >= 15 is 0 Å². The molecule has 190 valence electrons. The molecule has 0 amide bonds. The molecule has 0 radical (unpaired) electrons. The number of nitriles is 1. The third-order valence-corrected chi connectivity index (χ3v) is 7.95. The van der Waals surface area contributed by atoms with Crippen molar-refractivity contribution < 1.29 is 0 Å². The van der Waals surface area contributed by atoms with Gasteiger partial charge >= 0.3 is 0 Å². The van der Waals surface area contributed by atoms with Gasteiger partial charge in [-0.25, -0.2) is 4.98 Å². The zero-order valence-corrected chi connectivity index (χ0v) is 22.0. The van der Waals surface area contributed by atoms with Gasteiger partial charge in [0.2, 0.25) is 0 Å². The highest BCUT2D eigenvalue weighted by Gasteiger charge is 2.46. The number of hydrogen-bond acceptors (Lipinski definition) is 3. The van der Waals surface area contributed by atoms with Crippen LogP contribution in [-0.2, 0) is 5.41 Å². The molecule has 1 aliphatic rings. The number of benzene rings is 4. The van der Waals surface area contributed by atoms with Crippen LogP contribution in [0.1, 0.15) is 27.9 Å². The topological polar surface area (TPSA) is 53.9 Å². The van der Waals surface area contributed by atoms with Gasteiger partial charge < -0.3 is 4.85 Å². The summed E-state index contributed by atoms with van der Waals surface area (Å²) in [5.74, 6) is 0.377. The van der Waals surface area contributed by atoms with E-state index in [0.29, 0.717) is 11.5 Å². The van der Waals surface area contributed by atoms with Crippen LogP contribution in [0.2, 0.25) is 0 Å². The van der Waals surface area contributed by atoms with Gasteiger partial charge in [-0.3, -0.25) is 0 Å². The molecule has 41 heavy (non-hydrogen) atoms. The van der Waals surface area contributed by atoms with Crippen molar-refractivity contribution in [1.29, 1.82) is 5.26 Å². The summed E-state index contributed by atoms with van der Waals surface area (Å²) in [7, 11) is 0. The van der Waals surface area contributed by atoms with Crippen LogP contribution in [0.15, 0.2) is 134 Å². The van der Waals surface area contributed by atoms with E-state index in [1.165, 1.54) is 33.4 Å². The van der Waals surface area contributed by atoms with Gasteiger partial charge in [0, 0.05) is 6.20 Å². The zero-order valence-electron chi connectivity index (χ0n) is 22.0. The SMILES string of the molecule is [C-]#[N+]c1cc(-c2ccc3c(c2)C(c2ccccc2)(c2ccccc2)c2cc(-c4ccnc(C#N)c4)ccc2-3)ccn1. The third-order valence-electron chi connectivity index (χ3n) is 7.95. The molecule has 2 heterocycles. The smallest absolute Gasteiger partial charge is 0.270 e. The van der Waals surface area contributed by atoms with E-state index in [1.807, 2.05) is 24.3 Å². The standard InChI is InChI=1S/C37H22N4/c1-39-36-23-28(17-19-41-36)26-13-15-33-32-14-12-25(27-16-18-40-31(20-27)24-38)21-34(32)37(35(33)22-26,29-8-4-2-5-9-29)30-10-6-3-7-11-30/h2-23H. The van der Waals surface area contributed by atoms with E-state index in [0.717, 1.165) is 22.3 Å². The van der Waals surface area contributed by atoms with E-state index in [-0.39, 0.29) is 0 Å². The van der Waals surface area contributed by atoms with Crippen molar-refractivity contribution in [2.75, 3.05) is 0 Å². The summed E-state index contributed by atoms with van der Waals surface area (Å²) < 4.78 is 0. The van der Waals surface area contributed by atoms with Crippen LogP contribution in [-0.4, -0.2) is 9.97 Å². The minimum atomic E-state index is -0.583. The molecule has 7 rings (SSSR count). The van der Waals surface area contributed by atoms with Gasteiger partial charge in [0.25, 0.3) is 5.82 Å². The Morgan fingerprint density at radius 2 is 1.10 bits per heavy atom. The Hall–Kier alpha value is -5.84. The van der Waals surface area contributed by atoms with Crippen molar-refractivity contribution in [2.24, 2.45) is 0 Å². The molecular formula is C37H22N4. The lowest BCUT2D eigenvalue weighted by molar-refractivity contribution is 0.769. The highest BCUT2D eigenvalue weighted by atomic mass is 14.8. The van der Waals surface area contributed by atoms with E-state index < -0.39 is 5.41 Å². The van der Waals surface area contributed by atoms with Crippen molar-refractivity contribution in [3.05, 3.63) is 173 Å². The Morgan fingerprint density at radius 1 is 0.585 bits per heavy atom. The molecule has 0 fully saturated rings. The molecule has 4 heteroatoms. The Morgan fingerprint density at radius 3 is 1.63 bits per heavy atom. The largest absolute Gasteiger partial charge is 0.361 e. The maximum atomic E-state index is 9.48. The first-order valence-corrected chi connectivity index (χ1v) is 13.3. The first kappa shape index (κ1) is 24.2. The summed E-state index contributed by atoms with van der Waals surface area (Å²) in [4.78, 5) is 11.9. The average molecular weight is 523 g/mol. The maximum absolute atomic E-state index is 9.48. The van der Waals surface area contributed by atoms with Crippen molar-refractivity contribution in [3.63, 3.8) is 0 Å². The Balaban J connectivity index is 1.56. The highest BCUT2D eigenvalue weighted by molar-refractivity contribution is 5.90. The molecular weight excluding hydrogens is 500 g/mol. The van der Waals surface area contributed by atoms with Gasteiger partial charge in [0.05, 0.1) is 5.41 Å². The first-order valence-electron chi connectivity index (χ1n) is 13.3. The molecule has 0 saturated carbocycles. The number of fused-ring (bicyclic) bond motifs is 3. The van der Waals surface area contributed by atoms with E-state index in [4.69, 9.17) is 6.57 Å². The normalized spacial score (nSPS) is 12.5. The molecule has 0 N–H and O–H groups in total. The molecule has 1 aliphatic carbocycles. The molecule has 2 aromatic heterocycles. The molecule has 0 unspecified atom stereocenters. The number of hydrogen-bond donors (Lipinski definition) is 0. The Kier molecular flexibility index (Phi) is 5.74. The fourth-order valence-electron chi connectivity index (χ4n) is 6.18. The Bertz CT molecular complexity index is 1870. The number of aromatic nitrogens is 2. The van der Waals surface area contributed by atoms with Crippen LogP contribution in [0.4, 0.5) is 5.82 Å². The lowest BCUT2D eigenvalue weighted by atomic mass is 9.67. The summed E-state index contributed by atoms with van der Waals surface area (Å²) in [5.41, 5.74) is 10.9. The fraction of sp³-hybridized carbons (Fsp3) is 0.0270. The number of nitrogens with zero attached hydrogens (tertiary/aromatic N) is 4. The fourth-order valence-corrected chi connectivity index (χ4v) is 6.18. The van der Waals surface area contributed by atoms with Gasteiger partial charge in [-0.05, 0) is 92.0 Å². The molecule has 0 saturated heterocycles. The summed E-state index contributed by atoms with van der Waals surface area (Å²) in [6, 6.07) is 44.3. The predicted molar refractivity (Wildman–Crippen MR) is 161 cm³/mol. The molecule has 0 bridgehead atoms. The van der Waals surface area contributed by atoms with Gasteiger partial charge in [0.1, 0.15) is 18.0 Å². The molecule has 0 spiro atoms. The second-order valence-corrected chi connectivity index (χ2v) is 10.1. The summed E-state index contributed by atoms with van der Waals surface area (Å²) >= 11 is 0. The maximum Gasteiger partial charge on any atom is 0.270 e. The highest BCUT2D eigenvalue weighted by Crippen LogP contribution is 2.57. The minimum Gasteiger partial charge on any atom is -0.361 e. The van der Waals surface area contributed by atoms with Crippen molar-refractivity contribution in [3.8, 4) is 39.4 Å². The quantitative estimate of drug-likeness (QED) is 0.218. The van der Waals surface area contributed by atoms with Crippen LogP contribution >= 0.6 is 0 Å². The predicted octanol–water partition coefficient (Wildman–Crippen LogP) is 8.60. The molecule has 0 atom stereocenters. The second-order valence-electron chi connectivity index (χ2n) is 10.1. The van der Waals surface area contributed by atoms with E-state index in [1.54, 1.807) is 12.4 Å². The zero-order chi connectivity index (χ0) is 27.8. The monoisotopic (exact) mass is 522 g/mol. The van der Waals surface area contributed by atoms with Gasteiger partial charge in [-0.1, -0.05) is 91.5 Å². The van der Waals surface area contributed by atoms with Crippen LogP contribution in [0.3, 0.4) is 0 Å². The third kappa shape index (κ3) is 3.82. The summed E-state index contributed by atoms with van der Waals surface area (Å²) in [6.45, 7) is 7.46. The minimum absolute atomic E-state index is 0.377. The van der Waals surface area contributed by atoms with Gasteiger partial charge in [0.15, 0.2) is 0 Å². The van der Waals surface area contributed by atoms with Gasteiger partial charge in [-0.2, -0.15) is 5.26 Å². The first-order chi connectivity index (χ1) is 20.2. The average Bonchev–Trinajstić information content (AvgIpc) is 3.35. The van der Waals surface area contributed by atoms with Crippen LogP contribution < -0.4 is 0 Å². The van der Waals surface area contributed by atoms with E-state index in [2.05, 4.69) is 118 Å². The summed E-state index contributed by atoms with van der Waals surface area (Å²) in [6.07, 6.45) is 3.39. The molecule has 4 aromatic carbocycles. The lowest BCUT2D eigenvalue weighted by Crippen LogP contribution is -2.28. The van der Waals surface area contributed by atoms with Crippen LogP contribution in [0.5, 0.6) is 0 Å². The summed E-state index contributed by atoms with van der Waals surface area (Å²) in [5, 5.41) is 9.48. The van der Waals surface area contributed by atoms with Crippen molar-refractivity contribution in [1.82, 2.24) is 9.97 Å². The van der Waals surface area contributed by atoms with Gasteiger partial charge in [-0.15, -0.1) is 4.98 Å². The Labute approximate surface area is 238 Å². The number of rotatable bonds is 4. The van der Waals surface area contributed by atoms with Crippen LogP contribution in [0, 0.1) is 17.9 Å². The van der Waals surface area contributed by atoms with Crippen molar-refractivity contribution >= 4 is 5.82 Å².